The highest BCUT2D eigenvalue weighted by atomic mass is 19.1. The van der Waals surface area contributed by atoms with Gasteiger partial charge in [-0.1, -0.05) is 6.92 Å². The van der Waals surface area contributed by atoms with E-state index in [4.69, 9.17) is 10.5 Å². The second-order valence-corrected chi connectivity index (χ2v) is 4.46. The predicted molar refractivity (Wildman–Crippen MR) is 73.7 cm³/mol. The molecular weight excluding hydrogens is 245 g/mol. The summed E-state index contributed by atoms with van der Waals surface area (Å²) in [6.07, 6.45) is 2.38. The number of rotatable bonds is 3. The zero-order valence-corrected chi connectivity index (χ0v) is 11.6. The van der Waals surface area contributed by atoms with E-state index in [0.29, 0.717) is 17.1 Å². The Labute approximate surface area is 112 Å². The highest BCUT2D eigenvalue weighted by molar-refractivity contribution is 5.78. The lowest BCUT2D eigenvalue weighted by atomic mass is 9.96. The maximum atomic E-state index is 14.0. The predicted octanol–water partition coefficient (Wildman–Crippen LogP) is 2.69. The highest BCUT2D eigenvalue weighted by Crippen LogP contribution is 2.37. The maximum Gasteiger partial charge on any atom is 0.130 e. The third-order valence-corrected chi connectivity index (χ3v) is 3.40. The van der Waals surface area contributed by atoms with Crippen LogP contribution < -0.4 is 10.5 Å². The molecule has 0 atom stereocenters. The van der Waals surface area contributed by atoms with Crippen molar-refractivity contribution in [2.75, 3.05) is 12.8 Å². The van der Waals surface area contributed by atoms with Crippen LogP contribution in [0.1, 0.15) is 18.1 Å². The van der Waals surface area contributed by atoms with Crippen molar-refractivity contribution in [1.82, 2.24) is 9.78 Å². The first-order chi connectivity index (χ1) is 9.01. The summed E-state index contributed by atoms with van der Waals surface area (Å²) in [5.74, 6) is 0.799. The van der Waals surface area contributed by atoms with Crippen molar-refractivity contribution in [3.05, 3.63) is 29.2 Å². The van der Waals surface area contributed by atoms with Gasteiger partial charge < -0.3 is 10.5 Å². The number of ether oxygens (including phenoxy) is 1. The van der Waals surface area contributed by atoms with Crippen molar-refractivity contribution in [1.29, 1.82) is 0 Å². The Hall–Kier alpha value is -2.04. The zero-order chi connectivity index (χ0) is 14.2. The van der Waals surface area contributed by atoms with Gasteiger partial charge in [0, 0.05) is 23.7 Å². The van der Waals surface area contributed by atoms with Gasteiger partial charge in [-0.05, 0) is 25.0 Å². The molecular formula is C14H18FN3O. The molecule has 0 aliphatic heterocycles. The molecule has 0 amide bonds. The van der Waals surface area contributed by atoms with Gasteiger partial charge in [0.25, 0.3) is 0 Å². The van der Waals surface area contributed by atoms with Gasteiger partial charge in [-0.15, -0.1) is 0 Å². The normalized spacial score (nSPS) is 10.8. The lowest BCUT2D eigenvalue weighted by Crippen LogP contribution is -2.02. The number of halogens is 1. The van der Waals surface area contributed by atoms with Crippen LogP contribution in [0.2, 0.25) is 0 Å². The number of aryl methyl sites for hydroxylation is 1. The summed E-state index contributed by atoms with van der Waals surface area (Å²) in [5, 5.41) is 4.10. The van der Waals surface area contributed by atoms with Gasteiger partial charge in [-0.25, -0.2) is 4.39 Å². The number of nitrogens with zero attached hydrogens (tertiary/aromatic N) is 2. The standard InChI is InChI=1S/C14H18FN3O/c1-5-9-10(11-7-17-18(3)14(11)16)6-12(15)8(2)13(9)19-4/h6-7H,5,16H2,1-4H3. The van der Waals surface area contributed by atoms with Crippen LogP contribution in [-0.4, -0.2) is 16.9 Å². The van der Waals surface area contributed by atoms with Gasteiger partial charge in [0.1, 0.15) is 17.4 Å². The van der Waals surface area contributed by atoms with Gasteiger partial charge >= 0.3 is 0 Å². The molecule has 0 saturated heterocycles. The van der Waals surface area contributed by atoms with E-state index in [2.05, 4.69) is 5.10 Å². The van der Waals surface area contributed by atoms with Crippen molar-refractivity contribution in [3.63, 3.8) is 0 Å². The number of hydrogen-bond donors (Lipinski definition) is 1. The van der Waals surface area contributed by atoms with Crippen molar-refractivity contribution >= 4 is 5.82 Å². The summed E-state index contributed by atoms with van der Waals surface area (Å²) >= 11 is 0. The number of methoxy groups -OCH3 is 1. The fourth-order valence-corrected chi connectivity index (χ4v) is 2.30. The maximum absolute atomic E-state index is 14.0. The molecule has 0 spiro atoms. The van der Waals surface area contributed by atoms with Gasteiger partial charge in [0.15, 0.2) is 0 Å². The van der Waals surface area contributed by atoms with Gasteiger partial charge in [-0.2, -0.15) is 5.10 Å². The molecule has 1 heterocycles. The molecule has 0 saturated carbocycles. The van der Waals surface area contributed by atoms with Crippen LogP contribution in [0.4, 0.5) is 10.2 Å². The third kappa shape index (κ3) is 2.05. The Kier molecular flexibility index (Phi) is 3.46. The summed E-state index contributed by atoms with van der Waals surface area (Å²) in [6, 6.07) is 1.50. The largest absolute Gasteiger partial charge is 0.496 e. The smallest absolute Gasteiger partial charge is 0.130 e. The minimum absolute atomic E-state index is 0.299. The molecule has 19 heavy (non-hydrogen) atoms. The average Bonchev–Trinajstić information content (AvgIpc) is 2.72. The van der Waals surface area contributed by atoms with Gasteiger partial charge in [-0.3, -0.25) is 4.68 Å². The lowest BCUT2D eigenvalue weighted by molar-refractivity contribution is 0.403. The van der Waals surface area contributed by atoms with E-state index in [9.17, 15) is 4.39 Å². The molecule has 1 aromatic carbocycles. The van der Waals surface area contributed by atoms with Crippen LogP contribution in [-0.2, 0) is 13.5 Å². The van der Waals surface area contributed by atoms with Crippen LogP contribution in [0.25, 0.3) is 11.1 Å². The quantitative estimate of drug-likeness (QED) is 0.926. The van der Waals surface area contributed by atoms with Crippen LogP contribution in [0.3, 0.4) is 0 Å². The first kappa shape index (κ1) is 13.4. The van der Waals surface area contributed by atoms with Crippen molar-refractivity contribution in [2.24, 2.45) is 7.05 Å². The fraction of sp³-hybridized carbons (Fsp3) is 0.357. The first-order valence-corrected chi connectivity index (χ1v) is 6.15. The molecule has 102 valence electrons. The van der Waals surface area contributed by atoms with Crippen LogP contribution >= 0.6 is 0 Å². The van der Waals surface area contributed by atoms with Crippen LogP contribution in [0, 0.1) is 12.7 Å². The molecule has 0 aliphatic carbocycles. The molecule has 4 nitrogen and oxygen atoms in total. The molecule has 0 aliphatic rings. The van der Waals surface area contributed by atoms with Crippen LogP contribution in [0.15, 0.2) is 12.3 Å². The number of nitrogens with two attached hydrogens (primary N) is 1. The number of anilines is 1. The summed E-state index contributed by atoms with van der Waals surface area (Å²) in [6.45, 7) is 3.72. The lowest BCUT2D eigenvalue weighted by Gasteiger charge is -2.15. The third-order valence-electron chi connectivity index (χ3n) is 3.40. The zero-order valence-electron chi connectivity index (χ0n) is 11.6. The topological polar surface area (TPSA) is 53.1 Å². The number of hydrogen-bond acceptors (Lipinski definition) is 3. The number of nitrogen functional groups attached to an aromatic ring is 1. The average molecular weight is 263 g/mol. The molecule has 0 radical (unpaired) electrons. The molecule has 1 aromatic heterocycles. The second-order valence-electron chi connectivity index (χ2n) is 4.46. The molecule has 5 heteroatoms. The summed E-state index contributed by atoms with van der Waals surface area (Å²) in [4.78, 5) is 0. The Balaban J connectivity index is 2.76. The molecule has 0 unspecified atom stereocenters. The Morgan fingerprint density at radius 1 is 1.42 bits per heavy atom. The van der Waals surface area contributed by atoms with Crippen molar-refractivity contribution < 1.29 is 9.13 Å². The Morgan fingerprint density at radius 2 is 2.11 bits per heavy atom. The van der Waals surface area contributed by atoms with E-state index in [0.717, 1.165) is 23.1 Å². The van der Waals surface area contributed by atoms with Crippen molar-refractivity contribution in [2.45, 2.75) is 20.3 Å². The molecule has 0 bridgehead atoms. The van der Waals surface area contributed by atoms with E-state index in [1.807, 2.05) is 6.92 Å². The Bertz CT molecular complexity index is 620. The first-order valence-electron chi connectivity index (χ1n) is 6.15. The molecule has 0 fully saturated rings. The molecule has 2 N–H and O–H groups in total. The van der Waals surface area contributed by atoms with Crippen LogP contribution in [0.5, 0.6) is 5.75 Å². The minimum atomic E-state index is -0.299. The minimum Gasteiger partial charge on any atom is -0.496 e. The van der Waals surface area contributed by atoms with Gasteiger partial charge in [0.05, 0.1) is 13.3 Å². The SMILES string of the molecule is CCc1c(-c2cnn(C)c2N)cc(F)c(C)c1OC. The highest BCUT2D eigenvalue weighted by Gasteiger charge is 2.19. The van der Waals surface area contributed by atoms with E-state index in [1.54, 1.807) is 32.0 Å². The summed E-state index contributed by atoms with van der Waals surface area (Å²) in [5.41, 5.74) is 8.92. The molecule has 2 aromatic rings. The second kappa shape index (κ2) is 4.91. The van der Waals surface area contributed by atoms with Crippen molar-refractivity contribution in [3.8, 4) is 16.9 Å². The summed E-state index contributed by atoms with van der Waals surface area (Å²) in [7, 11) is 3.31. The van der Waals surface area contributed by atoms with E-state index >= 15 is 0 Å². The van der Waals surface area contributed by atoms with E-state index < -0.39 is 0 Å². The fourth-order valence-electron chi connectivity index (χ4n) is 2.30. The van der Waals surface area contributed by atoms with E-state index in [-0.39, 0.29) is 5.82 Å². The monoisotopic (exact) mass is 263 g/mol. The number of benzene rings is 1. The summed E-state index contributed by atoms with van der Waals surface area (Å²) < 4.78 is 20.9. The number of aromatic nitrogens is 2. The van der Waals surface area contributed by atoms with Gasteiger partial charge in [0.2, 0.25) is 0 Å². The van der Waals surface area contributed by atoms with E-state index in [1.165, 1.54) is 6.07 Å². The Morgan fingerprint density at radius 3 is 2.58 bits per heavy atom. The molecule has 2 rings (SSSR count).